The van der Waals surface area contributed by atoms with Gasteiger partial charge in [0.15, 0.2) is 0 Å². The predicted molar refractivity (Wildman–Crippen MR) is 68.8 cm³/mol. The van der Waals surface area contributed by atoms with Crippen LogP contribution in [-0.4, -0.2) is 26.4 Å². The third-order valence-electron chi connectivity index (χ3n) is 2.88. The molecule has 0 aliphatic carbocycles. The summed E-state index contributed by atoms with van der Waals surface area (Å²) >= 11 is 6.10. The van der Waals surface area contributed by atoms with Gasteiger partial charge in [-0.1, -0.05) is 11.6 Å². The van der Waals surface area contributed by atoms with E-state index in [1.165, 1.54) is 5.56 Å². The second-order valence-electron chi connectivity index (χ2n) is 4.39. The predicted octanol–water partition coefficient (Wildman–Crippen LogP) is 2.40. The number of hydrogen-bond donors (Lipinski definition) is 1. The Morgan fingerprint density at radius 1 is 1.53 bits per heavy atom. The average Bonchev–Trinajstić information content (AvgIpc) is 2.74. The summed E-state index contributed by atoms with van der Waals surface area (Å²) in [5.74, 6) is 1.01. The molecule has 1 aliphatic rings. The molecule has 1 aromatic carbocycles. The molecular weight excluding hydrogens is 238 g/mol. The first-order valence-corrected chi connectivity index (χ1v) is 6.25. The van der Waals surface area contributed by atoms with Gasteiger partial charge in [-0.15, -0.1) is 0 Å². The Kier molecular flexibility index (Phi) is 4.26. The summed E-state index contributed by atoms with van der Waals surface area (Å²) in [4.78, 5) is 0. The lowest BCUT2D eigenvalue weighted by Crippen LogP contribution is -2.29. The third-order valence-corrected chi connectivity index (χ3v) is 3.10. The smallest absolute Gasteiger partial charge is 0.127 e. The molecule has 0 saturated carbocycles. The summed E-state index contributed by atoms with van der Waals surface area (Å²) in [6.45, 7) is 4.31. The molecule has 0 spiro atoms. The normalized spacial score (nSPS) is 15.5. The molecule has 0 saturated heterocycles. The van der Waals surface area contributed by atoms with Gasteiger partial charge in [0.2, 0.25) is 0 Å². The topological polar surface area (TPSA) is 30.5 Å². The zero-order chi connectivity index (χ0) is 12.3. The third kappa shape index (κ3) is 3.12. The lowest BCUT2D eigenvalue weighted by molar-refractivity contribution is 0.171. The Morgan fingerprint density at radius 2 is 2.35 bits per heavy atom. The summed E-state index contributed by atoms with van der Waals surface area (Å²) in [6.07, 6.45) is 0.955. The van der Waals surface area contributed by atoms with Gasteiger partial charge in [0.25, 0.3) is 0 Å². The van der Waals surface area contributed by atoms with Gasteiger partial charge in [0.05, 0.1) is 13.2 Å². The van der Waals surface area contributed by atoms with E-state index in [0.717, 1.165) is 35.9 Å². The van der Waals surface area contributed by atoms with Crippen molar-refractivity contribution in [3.8, 4) is 5.75 Å². The number of fused-ring (bicyclic) bond motifs is 1. The van der Waals surface area contributed by atoms with E-state index in [1.807, 2.05) is 12.1 Å². The first-order chi connectivity index (χ1) is 8.20. The molecule has 94 valence electrons. The molecule has 17 heavy (non-hydrogen) atoms. The highest BCUT2D eigenvalue weighted by Gasteiger charge is 2.17. The molecule has 2 rings (SSSR count). The lowest BCUT2D eigenvalue weighted by Gasteiger charge is -2.14. The summed E-state index contributed by atoms with van der Waals surface area (Å²) in [6, 6.07) is 4.28. The number of halogens is 1. The standard InChI is InChI=1S/C13H18ClNO2/c1-9(8-16-2)15-7-11-6-12(14)5-10-3-4-17-13(10)11/h5-6,9,15H,3-4,7-8H2,1-2H3. The molecule has 1 unspecified atom stereocenters. The minimum Gasteiger partial charge on any atom is -0.493 e. The molecule has 1 aromatic rings. The van der Waals surface area contributed by atoms with Crippen molar-refractivity contribution in [3.63, 3.8) is 0 Å². The van der Waals surface area contributed by atoms with Gasteiger partial charge in [-0.25, -0.2) is 0 Å². The second-order valence-corrected chi connectivity index (χ2v) is 4.83. The monoisotopic (exact) mass is 255 g/mol. The van der Waals surface area contributed by atoms with E-state index in [2.05, 4.69) is 12.2 Å². The number of hydrogen-bond acceptors (Lipinski definition) is 3. The molecule has 1 aliphatic heterocycles. The maximum absolute atomic E-state index is 6.10. The SMILES string of the molecule is COCC(C)NCc1cc(Cl)cc2c1OCC2. The molecule has 0 fully saturated rings. The van der Waals surface area contributed by atoms with Crippen molar-refractivity contribution < 1.29 is 9.47 Å². The lowest BCUT2D eigenvalue weighted by atomic mass is 10.1. The Morgan fingerprint density at radius 3 is 3.12 bits per heavy atom. The Hall–Kier alpha value is -0.770. The fourth-order valence-corrected chi connectivity index (χ4v) is 2.33. The molecule has 4 heteroatoms. The van der Waals surface area contributed by atoms with Gasteiger partial charge < -0.3 is 14.8 Å². The van der Waals surface area contributed by atoms with Crippen molar-refractivity contribution in [3.05, 3.63) is 28.3 Å². The van der Waals surface area contributed by atoms with E-state index in [0.29, 0.717) is 12.6 Å². The van der Waals surface area contributed by atoms with Gasteiger partial charge in [-0.05, 0) is 24.6 Å². The second kappa shape index (κ2) is 5.71. The Bertz CT molecular complexity index is 395. The summed E-state index contributed by atoms with van der Waals surface area (Å²) in [5, 5.41) is 4.18. The highest BCUT2D eigenvalue weighted by atomic mass is 35.5. The van der Waals surface area contributed by atoms with Crippen molar-refractivity contribution in [1.29, 1.82) is 0 Å². The summed E-state index contributed by atoms with van der Waals surface area (Å²) < 4.78 is 10.7. The van der Waals surface area contributed by atoms with Crippen molar-refractivity contribution in [2.24, 2.45) is 0 Å². The van der Waals surface area contributed by atoms with E-state index in [-0.39, 0.29) is 0 Å². The van der Waals surface area contributed by atoms with E-state index >= 15 is 0 Å². The number of benzene rings is 1. The van der Waals surface area contributed by atoms with Crippen molar-refractivity contribution in [1.82, 2.24) is 5.32 Å². The number of nitrogens with one attached hydrogen (secondary N) is 1. The van der Waals surface area contributed by atoms with Crippen LogP contribution >= 0.6 is 11.6 Å². The fourth-order valence-electron chi connectivity index (χ4n) is 2.07. The first-order valence-electron chi connectivity index (χ1n) is 5.87. The van der Waals surface area contributed by atoms with Crippen LogP contribution in [0.15, 0.2) is 12.1 Å². The van der Waals surface area contributed by atoms with Crippen LogP contribution in [0.3, 0.4) is 0 Å². The Balaban J connectivity index is 2.05. The van der Waals surface area contributed by atoms with E-state index in [9.17, 15) is 0 Å². The largest absolute Gasteiger partial charge is 0.493 e. The fraction of sp³-hybridized carbons (Fsp3) is 0.538. The maximum atomic E-state index is 6.10. The van der Waals surface area contributed by atoms with Gasteiger partial charge in [0.1, 0.15) is 5.75 Å². The van der Waals surface area contributed by atoms with Crippen LogP contribution in [-0.2, 0) is 17.7 Å². The zero-order valence-electron chi connectivity index (χ0n) is 10.3. The average molecular weight is 256 g/mol. The molecule has 0 bridgehead atoms. The molecule has 0 amide bonds. The van der Waals surface area contributed by atoms with Gasteiger partial charge in [0, 0.05) is 36.7 Å². The molecule has 1 atom stereocenters. The number of ether oxygens (including phenoxy) is 2. The molecule has 1 N–H and O–H groups in total. The summed E-state index contributed by atoms with van der Waals surface area (Å²) in [5.41, 5.74) is 2.35. The van der Waals surface area contributed by atoms with Crippen LogP contribution in [0.2, 0.25) is 5.02 Å². The van der Waals surface area contributed by atoms with Gasteiger partial charge in [-0.3, -0.25) is 0 Å². The summed E-state index contributed by atoms with van der Waals surface area (Å²) in [7, 11) is 1.71. The van der Waals surface area contributed by atoms with Crippen molar-refractivity contribution in [2.75, 3.05) is 20.3 Å². The molecule has 1 heterocycles. The van der Waals surface area contributed by atoms with Crippen LogP contribution < -0.4 is 10.1 Å². The van der Waals surface area contributed by atoms with Crippen LogP contribution in [0.25, 0.3) is 0 Å². The van der Waals surface area contributed by atoms with Crippen LogP contribution in [0, 0.1) is 0 Å². The van der Waals surface area contributed by atoms with E-state index in [1.54, 1.807) is 7.11 Å². The van der Waals surface area contributed by atoms with Gasteiger partial charge >= 0.3 is 0 Å². The van der Waals surface area contributed by atoms with Crippen LogP contribution in [0.4, 0.5) is 0 Å². The zero-order valence-corrected chi connectivity index (χ0v) is 11.0. The van der Waals surface area contributed by atoms with Gasteiger partial charge in [-0.2, -0.15) is 0 Å². The first kappa shape index (κ1) is 12.7. The van der Waals surface area contributed by atoms with Crippen LogP contribution in [0.5, 0.6) is 5.75 Å². The molecule has 0 aromatic heterocycles. The van der Waals surface area contributed by atoms with Crippen LogP contribution in [0.1, 0.15) is 18.1 Å². The Labute approximate surface area is 107 Å². The number of methoxy groups -OCH3 is 1. The minimum atomic E-state index is 0.316. The highest BCUT2D eigenvalue weighted by Crippen LogP contribution is 2.32. The highest BCUT2D eigenvalue weighted by molar-refractivity contribution is 6.30. The number of rotatable bonds is 5. The van der Waals surface area contributed by atoms with E-state index in [4.69, 9.17) is 21.1 Å². The minimum absolute atomic E-state index is 0.316. The quantitative estimate of drug-likeness (QED) is 0.877. The maximum Gasteiger partial charge on any atom is 0.127 e. The van der Waals surface area contributed by atoms with E-state index < -0.39 is 0 Å². The molecule has 0 radical (unpaired) electrons. The molecular formula is C13H18ClNO2. The van der Waals surface area contributed by atoms with Crippen molar-refractivity contribution >= 4 is 11.6 Å². The van der Waals surface area contributed by atoms with Crippen molar-refractivity contribution in [2.45, 2.75) is 25.9 Å². The molecule has 3 nitrogen and oxygen atoms in total.